The minimum atomic E-state index is 0.590. The second-order valence-corrected chi connectivity index (χ2v) is 1.41. The lowest BCUT2D eigenvalue weighted by atomic mass is 10.6. The van der Waals surface area contributed by atoms with Gasteiger partial charge in [0, 0.05) is 12.4 Å². The van der Waals surface area contributed by atoms with Crippen LogP contribution in [0.5, 0.6) is 0 Å². The molecule has 0 fully saturated rings. The number of hydrogen-bond acceptors (Lipinski definition) is 4. The van der Waals surface area contributed by atoms with Crippen molar-refractivity contribution in [1.29, 1.82) is 0 Å². The number of hydrazine groups is 2. The number of aliphatic imine (C=N–C) groups is 1. The molecule has 4 heteroatoms. The molecule has 4 nitrogen and oxygen atoms in total. The van der Waals surface area contributed by atoms with Gasteiger partial charge in [-0.05, 0) is 6.08 Å². The monoisotopic (exact) mass is 112 g/mol. The van der Waals surface area contributed by atoms with E-state index >= 15 is 0 Å². The van der Waals surface area contributed by atoms with Crippen LogP contribution < -0.4 is 11.4 Å². The fourth-order valence-electron chi connectivity index (χ4n) is 0.469. The molecule has 1 aliphatic rings. The molecule has 0 saturated carbocycles. The van der Waals surface area contributed by atoms with Crippen LogP contribution in [0.1, 0.15) is 0 Å². The molecule has 0 aromatic heterocycles. The topological polar surface area (TPSA) is 53.6 Å². The van der Waals surface area contributed by atoms with Gasteiger partial charge >= 0.3 is 0 Å². The van der Waals surface area contributed by atoms with Crippen molar-refractivity contribution < 1.29 is 0 Å². The molecule has 0 aromatic rings. The summed E-state index contributed by atoms with van der Waals surface area (Å²) in [6.45, 7) is 0.590. The SMILES string of the molecule is NNN1C=CC=NC1. The molecule has 0 atom stereocenters. The largest absolute Gasteiger partial charge is 0.281 e. The fraction of sp³-hybridized carbons (Fsp3) is 0.250. The molecule has 0 spiro atoms. The van der Waals surface area contributed by atoms with E-state index in [9.17, 15) is 0 Å². The van der Waals surface area contributed by atoms with E-state index in [-0.39, 0.29) is 0 Å². The van der Waals surface area contributed by atoms with Gasteiger partial charge in [0.2, 0.25) is 0 Å². The van der Waals surface area contributed by atoms with Gasteiger partial charge in [0.15, 0.2) is 0 Å². The molecule has 0 radical (unpaired) electrons. The number of rotatable bonds is 1. The summed E-state index contributed by atoms with van der Waals surface area (Å²) in [7, 11) is 0. The zero-order valence-electron chi connectivity index (χ0n) is 4.41. The minimum Gasteiger partial charge on any atom is -0.281 e. The van der Waals surface area contributed by atoms with Crippen LogP contribution >= 0.6 is 0 Å². The van der Waals surface area contributed by atoms with E-state index in [0.29, 0.717) is 6.67 Å². The number of nitrogens with zero attached hydrogens (tertiary/aromatic N) is 2. The maximum atomic E-state index is 5.05. The van der Waals surface area contributed by atoms with Crippen molar-refractivity contribution in [3.8, 4) is 0 Å². The molecular formula is C4H8N4. The second kappa shape index (κ2) is 2.44. The van der Waals surface area contributed by atoms with Crippen molar-refractivity contribution in [1.82, 2.24) is 10.5 Å². The molecule has 0 aliphatic carbocycles. The van der Waals surface area contributed by atoms with E-state index in [4.69, 9.17) is 5.84 Å². The number of nitrogens with one attached hydrogen (secondary N) is 1. The summed E-state index contributed by atoms with van der Waals surface area (Å²) in [5.74, 6) is 5.05. The zero-order valence-corrected chi connectivity index (χ0v) is 4.41. The molecule has 44 valence electrons. The van der Waals surface area contributed by atoms with Crippen LogP contribution in [0, 0.1) is 0 Å². The first kappa shape index (κ1) is 5.27. The van der Waals surface area contributed by atoms with Gasteiger partial charge in [0.25, 0.3) is 0 Å². The lowest BCUT2D eigenvalue weighted by Gasteiger charge is -2.16. The second-order valence-electron chi connectivity index (χ2n) is 1.41. The Morgan fingerprint density at radius 2 is 2.62 bits per heavy atom. The standard InChI is InChI=1S/C4H8N4/c5-7-8-3-1-2-6-4-8/h1-3,7H,4-5H2. The van der Waals surface area contributed by atoms with E-state index in [1.807, 2.05) is 12.3 Å². The maximum absolute atomic E-state index is 5.05. The molecule has 8 heavy (non-hydrogen) atoms. The van der Waals surface area contributed by atoms with E-state index < -0.39 is 0 Å². The van der Waals surface area contributed by atoms with E-state index in [0.717, 1.165) is 0 Å². The third kappa shape index (κ3) is 1.05. The molecule has 0 amide bonds. The van der Waals surface area contributed by atoms with E-state index in [1.54, 1.807) is 11.2 Å². The van der Waals surface area contributed by atoms with Crippen LogP contribution in [-0.2, 0) is 0 Å². The van der Waals surface area contributed by atoms with E-state index in [2.05, 4.69) is 10.5 Å². The normalized spacial score (nSPS) is 17.4. The highest BCUT2D eigenvalue weighted by Crippen LogP contribution is 1.86. The van der Waals surface area contributed by atoms with Crippen LogP contribution in [0.3, 0.4) is 0 Å². The van der Waals surface area contributed by atoms with Crippen LogP contribution in [0.15, 0.2) is 17.3 Å². The van der Waals surface area contributed by atoms with Gasteiger partial charge < -0.3 is 0 Å². The summed E-state index contributed by atoms with van der Waals surface area (Å²) in [6.07, 6.45) is 5.35. The van der Waals surface area contributed by atoms with Crippen LogP contribution in [0.25, 0.3) is 0 Å². The first-order valence-electron chi connectivity index (χ1n) is 2.33. The Morgan fingerprint density at radius 1 is 1.75 bits per heavy atom. The van der Waals surface area contributed by atoms with Crippen molar-refractivity contribution in [2.45, 2.75) is 0 Å². The Balaban J connectivity index is 2.40. The lowest BCUT2D eigenvalue weighted by molar-refractivity contribution is 0.282. The molecule has 0 unspecified atom stereocenters. The van der Waals surface area contributed by atoms with Crippen molar-refractivity contribution in [3.63, 3.8) is 0 Å². The highest BCUT2D eigenvalue weighted by atomic mass is 15.6. The smallest absolute Gasteiger partial charge is 0.125 e. The fourth-order valence-corrected chi connectivity index (χ4v) is 0.469. The molecule has 1 heterocycles. The van der Waals surface area contributed by atoms with Gasteiger partial charge in [-0.3, -0.25) is 15.8 Å². The number of allylic oxidation sites excluding steroid dienone is 1. The third-order valence-electron chi connectivity index (χ3n) is 0.857. The summed E-state index contributed by atoms with van der Waals surface area (Å²) >= 11 is 0. The molecule has 1 rings (SSSR count). The third-order valence-corrected chi connectivity index (χ3v) is 0.857. The quantitative estimate of drug-likeness (QED) is 0.345. The van der Waals surface area contributed by atoms with Gasteiger partial charge in [-0.15, -0.1) is 0 Å². The van der Waals surface area contributed by atoms with E-state index in [1.165, 1.54) is 0 Å². The molecule has 0 bridgehead atoms. The predicted molar refractivity (Wildman–Crippen MR) is 31.7 cm³/mol. The van der Waals surface area contributed by atoms with Crippen molar-refractivity contribution >= 4 is 6.21 Å². The highest BCUT2D eigenvalue weighted by molar-refractivity contribution is 5.71. The van der Waals surface area contributed by atoms with Crippen LogP contribution in [0.4, 0.5) is 0 Å². The summed E-state index contributed by atoms with van der Waals surface area (Å²) in [6, 6.07) is 0. The average molecular weight is 112 g/mol. The predicted octanol–water partition coefficient (Wildman–Crippen LogP) is -0.778. The van der Waals surface area contributed by atoms with Crippen molar-refractivity contribution in [2.75, 3.05) is 6.67 Å². The molecule has 3 N–H and O–H groups in total. The van der Waals surface area contributed by atoms with Gasteiger partial charge in [-0.25, -0.2) is 0 Å². The Bertz CT molecular complexity index is 117. The summed E-state index contributed by atoms with van der Waals surface area (Å²) in [4.78, 5) is 3.90. The Kier molecular flexibility index (Phi) is 1.61. The summed E-state index contributed by atoms with van der Waals surface area (Å²) in [5.41, 5.74) is 2.44. The van der Waals surface area contributed by atoms with Crippen LogP contribution in [0.2, 0.25) is 0 Å². The molecule has 0 aromatic carbocycles. The lowest BCUT2D eigenvalue weighted by Crippen LogP contribution is -2.39. The Hall–Kier alpha value is -0.870. The molecule has 0 saturated heterocycles. The van der Waals surface area contributed by atoms with Gasteiger partial charge in [-0.2, -0.15) is 5.53 Å². The summed E-state index contributed by atoms with van der Waals surface area (Å²) in [5, 5.41) is 1.67. The molecular weight excluding hydrogens is 104 g/mol. The van der Waals surface area contributed by atoms with Crippen molar-refractivity contribution in [3.05, 3.63) is 12.3 Å². The van der Waals surface area contributed by atoms with Crippen LogP contribution in [-0.4, -0.2) is 17.9 Å². The van der Waals surface area contributed by atoms with Gasteiger partial charge in [0.05, 0.1) is 0 Å². The Labute approximate surface area is 47.6 Å². The number of hydrogen-bond donors (Lipinski definition) is 2. The average Bonchev–Trinajstić information content (AvgIpc) is 1.90. The highest BCUT2D eigenvalue weighted by Gasteiger charge is 1.92. The Morgan fingerprint density at radius 3 is 3.00 bits per heavy atom. The van der Waals surface area contributed by atoms with Crippen molar-refractivity contribution in [2.24, 2.45) is 10.8 Å². The minimum absolute atomic E-state index is 0.590. The first-order chi connectivity index (χ1) is 3.93. The van der Waals surface area contributed by atoms with Gasteiger partial charge in [-0.1, -0.05) is 0 Å². The first-order valence-corrected chi connectivity index (χ1v) is 2.33. The summed E-state index contributed by atoms with van der Waals surface area (Å²) < 4.78 is 0. The molecule has 1 aliphatic heterocycles. The zero-order chi connectivity index (χ0) is 5.82. The maximum Gasteiger partial charge on any atom is 0.125 e. The number of nitrogens with two attached hydrogens (primary N) is 1. The van der Waals surface area contributed by atoms with Gasteiger partial charge in [0.1, 0.15) is 6.67 Å².